The monoisotopic (exact) mass is 225 g/mol. The molecule has 0 bridgehead atoms. The van der Waals surface area contributed by atoms with Gasteiger partial charge in [0.25, 0.3) is 0 Å². The molecule has 5 nitrogen and oxygen atoms in total. The van der Waals surface area contributed by atoms with Gasteiger partial charge in [0.05, 0.1) is 0 Å². The Morgan fingerprint density at radius 2 is 2.06 bits per heavy atom. The minimum atomic E-state index is 0.0326. The zero-order valence-electron chi connectivity index (χ0n) is 9.74. The van der Waals surface area contributed by atoms with Gasteiger partial charge in [0.2, 0.25) is 5.91 Å². The number of nitrogens with zero attached hydrogens (tertiary/aromatic N) is 2. The second-order valence-corrected chi connectivity index (χ2v) is 4.65. The quantitative estimate of drug-likeness (QED) is 0.703. The lowest BCUT2D eigenvalue weighted by Crippen LogP contribution is -2.51. The van der Waals surface area contributed by atoms with Crippen molar-refractivity contribution in [3.8, 4) is 0 Å². The van der Waals surface area contributed by atoms with Gasteiger partial charge in [-0.1, -0.05) is 0 Å². The van der Waals surface area contributed by atoms with Crippen LogP contribution >= 0.6 is 0 Å². The number of hydrogen-bond acceptors (Lipinski definition) is 2. The Balaban J connectivity index is 1.80. The normalized spacial score (nSPS) is 26.1. The van der Waals surface area contributed by atoms with E-state index in [-0.39, 0.29) is 18.0 Å². The summed E-state index contributed by atoms with van der Waals surface area (Å²) in [5.74, 6) is 0.173. The van der Waals surface area contributed by atoms with Crippen molar-refractivity contribution in [1.82, 2.24) is 15.1 Å². The SMILES string of the molecule is CN1CC(NC(=O)N2CCCC2)CCC1=O. The summed E-state index contributed by atoms with van der Waals surface area (Å²) in [6.07, 6.45) is 3.52. The molecule has 90 valence electrons. The molecule has 1 unspecified atom stereocenters. The molecule has 0 aliphatic carbocycles. The molecule has 2 fully saturated rings. The van der Waals surface area contributed by atoms with E-state index in [9.17, 15) is 9.59 Å². The summed E-state index contributed by atoms with van der Waals surface area (Å²) in [5.41, 5.74) is 0. The molecule has 0 aromatic carbocycles. The van der Waals surface area contributed by atoms with Crippen LogP contribution in [0, 0.1) is 0 Å². The van der Waals surface area contributed by atoms with Crippen molar-refractivity contribution >= 4 is 11.9 Å². The summed E-state index contributed by atoms with van der Waals surface area (Å²) in [6, 6.07) is 0.154. The highest BCUT2D eigenvalue weighted by Gasteiger charge is 2.26. The maximum absolute atomic E-state index is 11.8. The first-order valence-electron chi connectivity index (χ1n) is 5.96. The van der Waals surface area contributed by atoms with E-state index in [4.69, 9.17) is 0 Å². The molecule has 0 aromatic heterocycles. The van der Waals surface area contributed by atoms with Crippen molar-refractivity contribution in [3.63, 3.8) is 0 Å². The number of hydrogen-bond donors (Lipinski definition) is 1. The molecule has 0 spiro atoms. The van der Waals surface area contributed by atoms with E-state index >= 15 is 0 Å². The van der Waals surface area contributed by atoms with Crippen LogP contribution in [0.4, 0.5) is 4.79 Å². The summed E-state index contributed by atoms with van der Waals surface area (Å²) in [6.45, 7) is 2.37. The van der Waals surface area contributed by atoms with Crippen molar-refractivity contribution in [2.24, 2.45) is 0 Å². The number of piperidine rings is 1. The maximum Gasteiger partial charge on any atom is 0.317 e. The van der Waals surface area contributed by atoms with Crippen LogP contribution in [0.25, 0.3) is 0 Å². The van der Waals surface area contributed by atoms with Crippen LogP contribution in [0.2, 0.25) is 0 Å². The summed E-state index contributed by atoms with van der Waals surface area (Å²) in [4.78, 5) is 26.6. The fourth-order valence-corrected chi connectivity index (χ4v) is 2.32. The molecule has 0 radical (unpaired) electrons. The number of likely N-dealkylation sites (tertiary alicyclic amines) is 2. The largest absolute Gasteiger partial charge is 0.344 e. The van der Waals surface area contributed by atoms with Crippen LogP contribution in [0.1, 0.15) is 25.7 Å². The smallest absolute Gasteiger partial charge is 0.317 e. The van der Waals surface area contributed by atoms with E-state index < -0.39 is 0 Å². The Hall–Kier alpha value is -1.26. The minimum absolute atomic E-state index is 0.0326. The molecule has 2 heterocycles. The van der Waals surface area contributed by atoms with Gasteiger partial charge in [0, 0.05) is 39.1 Å². The van der Waals surface area contributed by atoms with Crippen LogP contribution in [0.15, 0.2) is 0 Å². The van der Waals surface area contributed by atoms with Gasteiger partial charge in [0.1, 0.15) is 0 Å². The van der Waals surface area contributed by atoms with E-state index in [1.54, 1.807) is 11.9 Å². The Morgan fingerprint density at radius 3 is 2.69 bits per heavy atom. The first-order valence-corrected chi connectivity index (χ1v) is 5.96. The highest BCUT2D eigenvalue weighted by Crippen LogP contribution is 2.12. The number of carbonyl (C=O) groups is 2. The molecule has 1 N–H and O–H groups in total. The van der Waals surface area contributed by atoms with Crippen molar-refractivity contribution < 1.29 is 9.59 Å². The predicted molar refractivity (Wildman–Crippen MR) is 60.0 cm³/mol. The summed E-state index contributed by atoms with van der Waals surface area (Å²) in [7, 11) is 1.79. The molecule has 2 aliphatic heterocycles. The first kappa shape index (κ1) is 11.2. The molecular weight excluding hydrogens is 206 g/mol. The average molecular weight is 225 g/mol. The molecule has 3 amide bonds. The van der Waals surface area contributed by atoms with Gasteiger partial charge in [0.15, 0.2) is 0 Å². The molecule has 0 saturated carbocycles. The lowest BCUT2D eigenvalue weighted by molar-refractivity contribution is -0.132. The van der Waals surface area contributed by atoms with Crippen molar-refractivity contribution in [3.05, 3.63) is 0 Å². The van der Waals surface area contributed by atoms with E-state index in [1.807, 2.05) is 4.90 Å². The molecule has 5 heteroatoms. The first-order chi connectivity index (χ1) is 7.66. The fraction of sp³-hybridized carbons (Fsp3) is 0.818. The van der Waals surface area contributed by atoms with Crippen LogP contribution < -0.4 is 5.32 Å². The van der Waals surface area contributed by atoms with Crippen LogP contribution in [0.3, 0.4) is 0 Å². The van der Waals surface area contributed by atoms with Gasteiger partial charge in [-0.3, -0.25) is 4.79 Å². The van der Waals surface area contributed by atoms with Crippen molar-refractivity contribution in [2.75, 3.05) is 26.7 Å². The third-order valence-corrected chi connectivity index (χ3v) is 3.35. The van der Waals surface area contributed by atoms with Gasteiger partial charge in [-0.2, -0.15) is 0 Å². The highest BCUT2D eigenvalue weighted by molar-refractivity contribution is 5.78. The molecule has 2 rings (SSSR count). The summed E-state index contributed by atoms with van der Waals surface area (Å²) < 4.78 is 0. The van der Waals surface area contributed by atoms with E-state index in [0.29, 0.717) is 13.0 Å². The van der Waals surface area contributed by atoms with Crippen molar-refractivity contribution in [1.29, 1.82) is 0 Å². The van der Waals surface area contributed by atoms with Gasteiger partial charge in [-0.25, -0.2) is 4.79 Å². The van der Waals surface area contributed by atoms with E-state index in [2.05, 4.69) is 5.32 Å². The van der Waals surface area contributed by atoms with Crippen LogP contribution in [-0.2, 0) is 4.79 Å². The topological polar surface area (TPSA) is 52.7 Å². The molecule has 2 aliphatic rings. The highest BCUT2D eigenvalue weighted by atomic mass is 16.2. The predicted octanol–water partition coefficient (Wildman–Crippen LogP) is 0.413. The Bertz CT molecular complexity index is 287. The van der Waals surface area contributed by atoms with Gasteiger partial charge >= 0.3 is 6.03 Å². The Labute approximate surface area is 95.8 Å². The number of amides is 3. The zero-order valence-corrected chi connectivity index (χ0v) is 9.74. The molecule has 2 saturated heterocycles. The third kappa shape index (κ3) is 2.46. The number of carbonyl (C=O) groups excluding carboxylic acids is 2. The Kier molecular flexibility index (Phi) is 3.31. The van der Waals surface area contributed by atoms with Crippen molar-refractivity contribution in [2.45, 2.75) is 31.7 Å². The maximum atomic E-state index is 11.8. The second kappa shape index (κ2) is 4.72. The Morgan fingerprint density at radius 1 is 1.38 bits per heavy atom. The summed E-state index contributed by atoms with van der Waals surface area (Å²) >= 11 is 0. The van der Waals surface area contributed by atoms with Gasteiger partial charge in [-0.05, 0) is 19.3 Å². The average Bonchev–Trinajstić information content (AvgIpc) is 2.77. The lowest BCUT2D eigenvalue weighted by atomic mass is 10.1. The van der Waals surface area contributed by atoms with Gasteiger partial charge in [-0.15, -0.1) is 0 Å². The molecule has 0 aromatic rings. The minimum Gasteiger partial charge on any atom is -0.344 e. The molecule has 16 heavy (non-hydrogen) atoms. The molecule has 1 atom stereocenters. The number of rotatable bonds is 1. The second-order valence-electron chi connectivity index (χ2n) is 4.65. The fourth-order valence-electron chi connectivity index (χ4n) is 2.32. The van der Waals surface area contributed by atoms with E-state index in [0.717, 1.165) is 32.4 Å². The standard InChI is InChI=1S/C11H19N3O2/c1-13-8-9(4-5-10(13)15)12-11(16)14-6-2-3-7-14/h9H,2-8H2,1H3,(H,12,16). The van der Waals surface area contributed by atoms with E-state index in [1.165, 1.54) is 0 Å². The third-order valence-electron chi connectivity index (χ3n) is 3.35. The number of nitrogens with one attached hydrogen (secondary N) is 1. The van der Waals surface area contributed by atoms with Crippen LogP contribution in [0.5, 0.6) is 0 Å². The lowest BCUT2D eigenvalue weighted by Gasteiger charge is -2.31. The zero-order chi connectivity index (χ0) is 11.5. The number of urea groups is 1. The number of likely N-dealkylation sites (N-methyl/N-ethyl adjacent to an activating group) is 1. The van der Waals surface area contributed by atoms with Gasteiger partial charge < -0.3 is 15.1 Å². The van der Waals surface area contributed by atoms with Crippen LogP contribution in [-0.4, -0.2) is 54.5 Å². The molecular formula is C11H19N3O2. The summed E-state index contributed by atoms with van der Waals surface area (Å²) in [5, 5.41) is 3.00.